The van der Waals surface area contributed by atoms with Crippen molar-refractivity contribution in [2.45, 2.75) is 31.9 Å². The van der Waals surface area contributed by atoms with Crippen molar-refractivity contribution in [3.05, 3.63) is 77.2 Å². The molecule has 162 valence electrons. The van der Waals surface area contributed by atoms with Gasteiger partial charge in [0.15, 0.2) is 0 Å². The van der Waals surface area contributed by atoms with E-state index in [2.05, 4.69) is 38.0 Å². The van der Waals surface area contributed by atoms with Crippen LogP contribution in [0.25, 0.3) is 16.5 Å². The van der Waals surface area contributed by atoms with Crippen LogP contribution in [0.5, 0.6) is 5.88 Å². The molecule has 0 saturated carbocycles. The zero-order valence-corrected chi connectivity index (χ0v) is 19.1. The molecule has 2 aromatic heterocycles. The van der Waals surface area contributed by atoms with E-state index in [1.165, 1.54) is 4.80 Å². The number of benzene rings is 2. The first-order valence-corrected chi connectivity index (χ1v) is 11.4. The van der Waals surface area contributed by atoms with Gasteiger partial charge in [0.25, 0.3) is 5.91 Å². The van der Waals surface area contributed by atoms with Gasteiger partial charge in [0.05, 0.1) is 30.2 Å². The highest BCUT2D eigenvalue weighted by atomic mass is 79.9. The molecule has 32 heavy (non-hydrogen) atoms. The summed E-state index contributed by atoms with van der Waals surface area (Å²) in [4.78, 5) is 21.4. The van der Waals surface area contributed by atoms with E-state index in [0.29, 0.717) is 23.7 Å². The van der Waals surface area contributed by atoms with Crippen LogP contribution in [-0.2, 0) is 0 Å². The van der Waals surface area contributed by atoms with Crippen molar-refractivity contribution in [3.8, 4) is 11.6 Å². The highest BCUT2D eigenvalue weighted by Gasteiger charge is 2.32. The van der Waals surface area contributed by atoms with Gasteiger partial charge in [0.1, 0.15) is 6.10 Å². The maximum absolute atomic E-state index is 13.6. The molecule has 8 heteroatoms. The number of carbonyl (C=O) groups is 1. The molecule has 0 bridgehead atoms. The van der Waals surface area contributed by atoms with Crippen molar-refractivity contribution in [1.29, 1.82) is 0 Å². The molecule has 1 aliphatic heterocycles. The number of fused-ring (bicyclic) bond motifs is 1. The third kappa shape index (κ3) is 3.98. The molecule has 0 aliphatic carbocycles. The van der Waals surface area contributed by atoms with E-state index in [9.17, 15) is 4.79 Å². The van der Waals surface area contributed by atoms with Gasteiger partial charge in [-0.1, -0.05) is 34.1 Å². The van der Waals surface area contributed by atoms with Gasteiger partial charge in [-0.3, -0.25) is 4.79 Å². The van der Waals surface area contributed by atoms with Crippen LogP contribution in [0.1, 0.15) is 30.1 Å². The Kier molecular flexibility index (Phi) is 5.61. The minimum absolute atomic E-state index is 0.0488. The molecule has 1 amide bonds. The number of hydrogen-bond donors (Lipinski definition) is 0. The lowest BCUT2D eigenvalue weighted by Gasteiger charge is -2.38. The Morgan fingerprint density at radius 1 is 1.06 bits per heavy atom. The molecule has 1 fully saturated rings. The van der Waals surface area contributed by atoms with Crippen LogP contribution in [0.15, 0.2) is 71.6 Å². The fourth-order valence-corrected chi connectivity index (χ4v) is 4.50. The fraction of sp³-hybridized carbons (Fsp3) is 0.250. The molecule has 2 aromatic carbocycles. The lowest BCUT2D eigenvalue weighted by Crippen LogP contribution is -2.49. The van der Waals surface area contributed by atoms with Crippen LogP contribution >= 0.6 is 15.9 Å². The fourth-order valence-electron chi connectivity index (χ4n) is 4.14. The standard InChI is InChI=1S/C24H22BrN5O2/c1-16-6-9-19(32-23-21-14-18(25)8-7-17(21)10-11-26-23)15-29(16)24(31)20-4-2-3-5-22(20)30-27-12-13-28-30/h2-5,7-8,10-14,16,19H,6,9,15H2,1H3/t16-,19+/m0/s1. The van der Waals surface area contributed by atoms with Gasteiger partial charge in [0, 0.05) is 22.1 Å². The normalized spacial score (nSPS) is 18.6. The maximum atomic E-state index is 13.6. The second-order valence-corrected chi connectivity index (χ2v) is 8.86. The Morgan fingerprint density at radius 3 is 2.72 bits per heavy atom. The van der Waals surface area contributed by atoms with Gasteiger partial charge in [-0.25, -0.2) is 4.98 Å². The second-order valence-electron chi connectivity index (χ2n) is 7.94. The number of halogens is 1. The van der Waals surface area contributed by atoms with E-state index >= 15 is 0 Å². The van der Waals surface area contributed by atoms with Crippen LogP contribution in [0.3, 0.4) is 0 Å². The number of nitrogens with zero attached hydrogens (tertiary/aromatic N) is 5. The summed E-state index contributed by atoms with van der Waals surface area (Å²) >= 11 is 3.53. The summed E-state index contributed by atoms with van der Waals surface area (Å²) in [6, 6.07) is 15.5. The minimum Gasteiger partial charge on any atom is -0.472 e. The molecule has 0 spiro atoms. The van der Waals surface area contributed by atoms with Crippen molar-refractivity contribution >= 4 is 32.6 Å². The first kappa shape index (κ1) is 20.6. The van der Waals surface area contributed by atoms with Crippen LogP contribution in [-0.4, -0.2) is 49.5 Å². The number of amides is 1. The highest BCUT2D eigenvalue weighted by Crippen LogP contribution is 2.30. The highest BCUT2D eigenvalue weighted by molar-refractivity contribution is 9.10. The van der Waals surface area contributed by atoms with Crippen molar-refractivity contribution in [2.75, 3.05) is 6.54 Å². The molecule has 2 atom stereocenters. The zero-order valence-electron chi connectivity index (χ0n) is 17.6. The molecule has 5 rings (SSSR count). The molecule has 0 radical (unpaired) electrons. The van der Waals surface area contributed by atoms with Crippen molar-refractivity contribution in [3.63, 3.8) is 0 Å². The maximum Gasteiger partial charge on any atom is 0.256 e. The number of rotatable bonds is 4. The number of ether oxygens (including phenoxy) is 1. The first-order chi connectivity index (χ1) is 15.6. The van der Waals surface area contributed by atoms with E-state index in [-0.39, 0.29) is 18.1 Å². The lowest BCUT2D eigenvalue weighted by atomic mass is 9.99. The van der Waals surface area contributed by atoms with E-state index in [1.54, 1.807) is 18.6 Å². The molecular formula is C24H22BrN5O2. The smallest absolute Gasteiger partial charge is 0.256 e. The molecule has 4 aromatic rings. The van der Waals surface area contributed by atoms with Crippen LogP contribution < -0.4 is 4.74 Å². The average Bonchev–Trinajstić information content (AvgIpc) is 3.35. The van der Waals surface area contributed by atoms with Crippen LogP contribution in [0.2, 0.25) is 0 Å². The first-order valence-electron chi connectivity index (χ1n) is 10.6. The summed E-state index contributed by atoms with van der Waals surface area (Å²) in [5.41, 5.74) is 1.24. The Labute approximate surface area is 194 Å². The Balaban J connectivity index is 1.40. The molecule has 1 aliphatic rings. The molecule has 3 heterocycles. The number of aromatic nitrogens is 4. The van der Waals surface area contributed by atoms with Crippen LogP contribution in [0, 0.1) is 0 Å². The number of pyridine rings is 1. The number of para-hydroxylation sites is 1. The quantitative estimate of drug-likeness (QED) is 0.415. The summed E-state index contributed by atoms with van der Waals surface area (Å²) < 4.78 is 7.31. The van der Waals surface area contributed by atoms with Gasteiger partial charge >= 0.3 is 0 Å². The van der Waals surface area contributed by atoms with Crippen molar-refractivity contribution < 1.29 is 9.53 Å². The largest absolute Gasteiger partial charge is 0.472 e. The minimum atomic E-state index is -0.137. The van der Waals surface area contributed by atoms with Gasteiger partial charge < -0.3 is 9.64 Å². The third-order valence-electron chi connectivity index (χ3n) is 5.84. The summed E-state index contributed by atoms with van der Waals surface area (Å²) in [6.07, 6.45) is 6.54. The topological polar surface area (TPSA) is 73.1 Å². The van der Waals surface area contributed by atoms with Gasteiger partial charge in [-0.05, 0) is 55.5 Å². The van der Waals surface area contributed by atoms with Crippen molar-refractivity contribution in [1.82, 2.24) is 24.9 Å². The van der Waals surface area contributed by atoms with Crippen molar-refractivity contribution in [2.24, 2.45) is 0 Å². The van der Waals surface area contributed by atoms with Crippen LogP contribution in [0.4, 0.5) is 0 Å². The number of hydrogen-bond acceptors (Lipinski definition) is 5. The Bertz CT molecular complexity index is 1260. The van der Waals surface area contributed by atoms with Gasteiger partial charge in [-0.2, -0.15) is 15.0 Å². The number of likely N-dealkylation sites (tertiary alicyclic amines) is 1. The Morgan fingerprint density at radius 2 is 1.88 bits per heavy atom. The lowest BCUT2D eigenvalue weighted by molar-refractivity contribution is 0.0377. The molecule has 1 saturated heterocycles. The van der Waals surface area contributed by atoms with E-state index in [1.807, 2.05) is 53.4 Å². The second kappa shape index (κ2) is 8.70. The predicted octanol–water partition coefficient (Wildman–Crippen LogP) is 4.65. The molecule has 0 N–H and O–H groups in total. The van der Waals surface area contributed by atoms with Gasteiger partial charge in [-0.15, -0.1) is 0 Å². The van der Waals surface area contributed by atoms with Gasteiger partial charge in [0.2, 0.25) is 5.88 Å². The summed E-state index contributed by atoms with van der Waals surface area (Å²) in [7, 11) is 0. The number of carbonyl (C=O) groups excluding carboxylic acids is 1. The molecule has 0 unspecified atom stereocenters. The summed E-state index contributed by atoms with van der Waals surface area (Å²) in [5, 5.41) is 10.4. The molecular weight excluding hydrogens is 470 g/mol. The Hall–Kier alpha value is -3.26. The summed E-state index contributed by atoms with van der Waals surface area (Å²) in [6.45, 7) is 2.57. The van der Waals surface area contributed by atoms with E-state index in [0.717, 1.165) is 28.1 Å². The average molecular weight is 492 g/mol. The number of piperidine rings is 1. The summed E-state index contributed by atoms with van der Waals surface area (Å²) in [5.74, 6) is 0.546. The van der Waals surface area contributed by atoms with E-state index in [4.69, 9.17) is 4.74 Å². The third-order valence-corrected chi connectivity index (χ3v) is 6.33. The SMILES string of the molecule is C[C@H]1CC[C@@H](Oc2nccc3ccc(Br)cc23)CN1C(=O)c1ccccc1-n1nccn1. The predicted molar refractivity (Wildman–Crippen MR) is 125 cm³/mol. The monoisotopic (exact) mass is 491 g/mol. The molecule has 7 nitrogen and oxygen atoms in total. The zero-order chi connectivity index (χ0) is 22.1. The van der Waals surface area contributed by atoms with E-state index < -0.39 is 0 Å².